The second-order valence-corrected chi connectivity index (χ2v) is 6.09. The third kappa shape index (κ3) is 2.89. The van der Waals surface area contributed by atoms with Crippen LogP contribution in [0.25, 0.3) is 22.0 Å². The summed E-state index contributed by atoms with van der Waals surface area (Å²) in [5.41, 5.74) is 2.80. The topological polar surface area (TPSA) is 79.1 Å². The number of aromatic hydroxyl groups is 1. The Morgan fingerprint density at radius 1 is 1.12 bits per heavy atom. The van der Waals surface area contributed by atoms with Crippen molar-refractivity contribution >= 4 is 39.8 Å². The van der Waals surface area contributed by atoms with E-state index in [1.165, 1.54) is 24.3 Å². The number of hydrogen-bond donors (Lipinski definition) is 3. The zero-order valence-corrected chi connectivity index (χ0v) is 13.7. The Bertz CT molecular complexity index is 1060. The van der Waals surface area contributed by atoms with E-state index in [-0.39, 0.29) is 27.4 Å². The third-order valence-electron chi connectivity index (χ3n) is 3.68. The number of aromatic amines is 1. The quantitative estimate of drug-likeness (QED) is 0.559. The van der Waals surface area contributed by atoms with Gasteiger partial charge in [0.15, 0.2) is 0 Å². The van der Waals surface area contributed by atoms with Gasteiger partial charge in [-0.2, -0.15) is 13.2 Å². The largest absolute Gasteiger partial charge is 0.507 e. The summed E-state index contributed by atoms with van der Waals surface area (Å²) in [5, 5.41) is 9.25. The highest BCUT2D eigenvalue weighted by atomic mass is 35.5. The van der Waals surface area contributed by atoms with Gasteiger partial charge in [-0.25, -0.2) is 0 Å². The minimum absolute atomic E-state index is 0.103. The number of pyridine rings is 1. The minimum atomic E-state index is -4.82. The Kier molecular flexibility index (Phi) is 4.09. The number of nitrogens with one attached hydrogen (secondary N) is 1. The van der Waals surface area contributed by atoms with Gasteiger partial charge in [-0.3, -0.25) is 4.79 Å². The van der Waals surface area contributed by atoms with E-state index in [4.69, 9.17) is 28.9 Å². The van der Waals surface area contributed by atoms with Gasteiger partial charge in [-0.05, 0) is 30.3 Å². The summed E-state index contributed by atoms with van der Waals surface area (Å²) < 4.78 is 40.7. The summed E-state index contributed by atoms with van der Waals surface area (Å²) in [4.78, 5) is 14.3. The maximum Gasteiger partial charge on any atom is 0.418 e. The molecule has 1 aromatic heterocycles. The van der Waals surface area contributed by atoms with Crippen molar-refractivity contribution in [2.24, 2.45) is 0 Å². The molecule has 130 valence electrons. The number of H-pyrrole nitrogens is 1. The Balaban J connectivity index is 2.62. The van der Waals surface area contributed by atoms with E-state index < -0.39 is 33.4 Å². The zero-order valence-electron chi connectivity index (χ0n) is 12.2. The summed E-state index contributed by atoms with van der Waals surface area (Å²) in [5.74, 6) is -0.379. The van der Waals surface area contributed by atoms with E-state index in [0.717, 1.165) is 6.07 Å². The van der Waals surface area contributed by atoms with E-state index >= 15 is 0 Å². The first-order valence-electron chi connectivity index (χ1n) is 6.81. The van der Waals surface area contributed by atoms with Crippen LogP contribution in [0.4, 0.5) is 18.9 Å². The fourth-order valence-corrected chi connectivity index (χ4v) is 3.08. The average molecular weight is 389 g/mol. The lowest BCUT2D eigenvalue weighted by Gasteiger charge is -2.17. The van der Waals surface area contributed by atoms with Crippen LogP contribution in [-0.4, -0.2) is 10.1 Å². The molecule has 0 radical (unpaired) electrons. The molecule has 0 fully saturated rings. The number of rotatable bonds is 1. The maximum absolute atomic E-state index is 13.6. The molecule has 3 aromatic rings. The molecular formula is C16H9Cl2F3N2O2. The van der Waals surface area contributed by atoms with Crippen LogP contribution in [0.3, 0.4) is 0 Å². The minimum Gasteiger partial charge on any atom is -0.507 e. The second-order valence-electron chi connectivity index (χ2n) is 5.25. The fraction of sp³-hybridized carbons (Fsp3) is 0.0625. The first-order valence-corrected chi connectivity index (χ1v) is 7.57. The molecule has 0 spiro atoms. The van der Waals surface area contributed by atoms with E-state index in [0.29, 0.717) is 0 Å². The van der Waals surface area contributed by atoms with Gasteiger partial charge in [0, 0.05) is 27.1 Å². The van der Waals surface area contributed by atoms with E-state index in [1.54, 1.807) is 0 Å². The van der Waals surface area contributed by atoms with Crippen LogP contribution in [0.5, 0.6) is 5.75 Å². The van der Waals surface area contributed by atoms with Crippen LogP contribution in [0.1, 0.15) is 5.56 Å². The summed E-state index contributed by atoms with van der Waals surface area (Å²) in [6, 6.07) is 6.04. The van der Waals surface area contributed by atoms with E-state index in [2.05, 4.69) is 4.98 Å². The highest BCUT2D eigenvalue weighted by molar-refractivity contribution is 6.33. The molecule has 0 atom stereocenters. The number of fused-ring (bicyclic) bond motifs is 1. The second kappa shape index (κ2) is 5.86. The Morgan fingerprint density at radius 3 is 2.44 bits per heavy atom. The molecule has 2 aromatic carbocycles. The number of benzene rings is 2. The molecule has 4 N–H and O–H groups in total. The van der Waals surface area contributed by atoms with Gasteiger partial charge in [0.1, 0.15) is 11.4 Å². The zero-order chi connectivity index (χ0) is 18.5. The number of halogens is 5. The SMILES string of the molecule is Nc1c(-c2cc(Cl)ccc2O)c2c(C(F)(F)F)c(Cl)ccc2[nH]c1=O. The molecule has 4 nitrogen and oxygen atoms in total. The van der Waals surface area contributed by atoms with Gasteiger partial charge >= 0.3 is 6.18 Å². The van der Waals surface area contributed by atoms with E-state index in [9.17, 15) is 23.1 Å². The van der Waals surface area contributed by atoms with Crippen molar-refractivity contribution in [3.63, 3.8) is 0 Å². The van der Waals surface area contributed by atoms with Crippen LogP contribution < -0.4 is 11.3 Å². The molecule has 0 aliphatic carbocycles. The smallest absolute Gasteiger partial charge is 0.418 e. The van der Waals surface area contributed by atoms with Gasteiger partial charge in [-0.1, -0.05) is 23.2 Å². The number of nitrogen functional groups attached to an aromatic ring is 1. The van der Waals surface area contributed by atoms with Crippen LogP contribution in [-0.2, 0) is 6.18 Å². The number of alkyl halides is 3. The molecule has 0 saturated heterocycles. The fourth-order valence-electron chi connectivity index (χ4n) is 2.64. The van der Waals surface area contributed by atoms with Crippen molar-refractivity contribution in [3.05, 3.63) is 56.3 Å². The Morgan fingerprint density at radius 2 is 1.80 bits per heavy atom. The highest BCUT2D eigenvalue weighted by Gasteiger charge is 2.37. The predicted molar refractivity (Wildman–Crippen MR) is 91.1 cm³/mol. The van der Waals surface area contributed by atoms with Crippen molar-refractivity contribution in [1.82, 2.24) is 4.98 Å². The molecule has 0 aliphatic rings. The van der Waals surface area contributed by atoms with Crippen molar-refractivity contribution in [2.45, 2.75) is 6.18 Å². The number of anilines is 1. The first kappa shape index (κ1) is 17.4. The molecule has 9 heteroatoms. The number of nitrogens with two attached hydrogens (primary N) is 1. The van der Waals surface area contributed by atoms with Crippen molar-refractivity contribution in [1.29, 1.82) is 0 Å². The monoisotopic (exact) mass is 388 g/mol. The average Bonchev–Trinajstić information content (AvgIpc) is 2.51. The number of phenols is 1. The van der Waals surface area contributed by atoms with Crippen molar-refractivity contribution in [2.75, 3.05) is 5.73 Å². The van der Waals surface area contributed by atoms with Crippen LogP contribution >= 0.6 is 23.2 Å². The number of hydrogen-bond acceptors (Lipinski definition) is 3. The summed E-state index contributed by atoms with van der Waals surface area (Å²) in [6.45, 7) is 0. The molecule has 0 unspecified atom stereocenters. The Hall–Kier alpha value is -2.38. The van der Waals surface area contributed by atoms with Crippen LogP contribution in [0.2, 0.25) is 10.0 Å². The lowest BCUT2D eigenvalue weighted by atomic mass is 9.95. The molecule has 3 rings (SSSR count). The molecule has 0 saturated carbocycles. The number of aromatic nitrogens is 1. The normalized spacial score (nSPS) is 11.9. The lowest BCUT2D eigenvalue weighted by Crippen LogP contribution is -2.16. The lowest BCUT2D eigenvalue weighted by molar-refractivity contribution is -0.136. The van der Waals surface area contributed by atoms with Gasteiger partial charge in [0.25, 0.3) is 5.56 Å². The molecule has 1 heterocycles. The summed E-state index contributed by atoms with van der Waals surface area (Å²) in [6.07, 6.45) is -4.82. The number of phenolic OH excluding ortho intramolecular Hbond substituents is 1. The van der Waals surface area contributed by atoms with Gasteiger partial charge in [0.05, 0.1) is 10.6 Å². The third-order valence-corrected chi connectivity index (χ3v) is 4.23. The van der Waals surface area contributed by atoms with Crippen LogP contribution in [0, 0.1) is 0 Å². The summed E-state index contributed by atoms with van der Waals surface area (Å²) in [7, 11) is 0. The predicted octanol–water partition coefficient (Wildman–Crippen LogP) is 4.81. The van der Waals surface area contributed by atoms with E-state index in [1.807, 2.05) is 0 Å². The van der Waals surface area contributed by atoms with Gasteiger partial charge in [0.2, 0.25) is 0 Å². The molecule has 0 amide bonds. The first-order chi connectivity index (χ1) is 11.6. The molecule has 0 bridgehead atoms. The van der Waals surface area contributed by atoms with Gasteiger partial charge in [-0.15, -0.1) is 0 Å². The standard InChI is InChI=1S/C16H9Cl2F3N2O2/c17-6-1-4-10(24)7(5-6)11-12-9(23-15(25)14(11)22)3-2-8(18)13(12)16(19,20)21/h1-5,24H,22H2,(H,23,25). The Labute approximate surface area is 148 Å². The van der Waals surface area contributed by atoms with Gasteiger partial charge < -0.3 is 15.8 Å². The van der Waals surface area contributed by atoms with Crippen molar-refractivity contribution in [3.8, 4) is 16.9 Å². The molecule has 25 heavy (non-hydrogen) atoms. The molecule has 0 aliphatic heterocycles. The maximum atomic E-state index is 13.6. The van der Waals surface area contributed by atoms with Crippen LogP contribution in [0.15, 0.2) is 35.1 Å². The highest BCUT2D eigenvalue weighted by Crippen LogP contribution is 2.45. The summed E-state index contributed by atoms with van der Waals surface area (Å²) >= 11 is 11.7. The molecular weight excluding hydrogens is 380 g/mol. The van der Waals surface area contributed by atoms with Crippen molar-refractivity contribution < 1.29 is 18.3 Å².